The summed E-state index contributed by atoms with van der Waals surface area (Å²) in [5.41, 5.74) is -0.0601. The fourth-order valence-corrected chi connectivity index (χ4v) is 3.41. The molecule has 0 radical (unpaired) electrons. The van der Waals surface area contributed by atoms with Crippen LogP contribution in [-0.2, 0) is 4.74 Å². The van der Waals surface area contributed by atoms with Crippen molar-refractivity contribution < 1.29 is 13.9 Å². The summed E-state index contributed by atoms with van der Waals surface area (Å²) < 4.78 is 19.5. The number of carbonyl (C=O) groups is 1. The molecular weight excluding hydrogens is 281 g/mol. The monoisotopic (exact) mass is 297 g/mol. The summed E-state index contributed by atoms with van der Waals surface area (Å²) in [6.07, 6.45) is 5.31. The molecule has 1 aliphatic carbocycles. The van der Waals surface area contributed by atoms with Gasteiger partial charge >= 0.3 is 0 Å². The first-order valence-electron chi connectivity index (χ1n) is 6.98. The lowest BCUT2D eigenvalue weighted by Gasteiger charge is -2.21. The zero-order valence-electron chi connectivity index (χ0n) is 11.1. The van der Waals surface area contributed by atoms with Crippen LogP contribution in [0.25, 0.3) is 0 Å². The van der Waals surface area contributed by atoms with Crippen LogP contribution < -0.4 is 5.32 Å². The molecule has 1 N–H and O–H groups in total. The number of amides is 1. The van der Waals surface area contributed by atoms with Crippen molar-refractivity contribution in [2.45, 2.75) is 43.7 Å². The second-order valence-electron chi connectivity index (χ2n) is 5.70. The molecule has 1 amide bonds. The average molecular weight is 298 g/mol. The SMILES string of the molecule is O=C(N[C@@H]1COC2(CCCC2)C1)c1cc(Cl)ccc1F. The Labute approximate surface area is 122 Å². The number of hydrogen-bond acceptors (Lipinski definition) is 2. The van der Waals surface area contributed by atoms with Gasteiger partial charge in [-0.05, 0) is 37.5 Å². The summed E-state index contributed by atoms with van der Waals surface area (Å²) in [4.78, 5) is 12.1. The topological polar surface area (TPSA) is 38.3 Å². The number of benzene rings is 1. The minimum Gasteiger partial charge on any atom is -0.373 e. The van der Waals surface area contributed by atoms with Crippen LogP contribution in [0, 0.1) is 5.82 Å². The highest BCUT2D eigenvalue weighted by Crippen LogP contribution is 2.40. The second kappa shape index (κ2) is 5.34. The zero-order chi connectivity index (χ0) is 14.2. The summed E-state index contributed by atoms with van der Waals surface area (Å²) in [5, 5.41) is 3.21. The Morgan fingerprint density at radius 2 is 2.15 bits per heavy atom. The van der Waals surface area contributed by atoms with E-state index in [4.69, 9.17) is 16.3 Å². The molecule has 1 saturated carbocycles. The van der Waals surface area contributed by atoms with Gasteiger partial charge in [-0.15, -0.1) is 0 Å². The largest absolute Gasteiger partial charge is 0.373 e. The van der Waals surface area contributed by atoms with E-state index in [0.29, 0.717) is 11.6 Å². The summed E-state index contributed by atoms with van der Waals surface area (Å²) in [6, 6.07) is 3.95. The van der Waals surface area contributed by atoms with Gasteiger partial charge in [-0.1, -0.05) is 24.4 Å². The molecule has 3 nitrogen and oxygen atoms in total. The van der Waals surface area contributed by atoms with Gasteiger partial charge in [-0.2, -0.15) is 0 Å². The fourth-order valence-electron chi connectivity index (χ4n) is 3.24. The van der Waals surface area contributed by atoms with Crippen molar-refractivity contribution in [2.75, 3.05) is 6.61 Å². The molecule has 0 unspecified atom stereocenters. The summed E-state index contributed by atoms with van der Waals surface area (Å²) >= 11 is 5.80. The minimum absolute atomic E-state index is 0.00938. The molecule has 1 heterocycles. The molecule has 0 aromatic heterocycles. The van der Waals surface area contributed by atoms with Gasteiger partial charge in [0.15, 0.2) is 0 Å². The summed E-state index contributed by atoms with van der Waals surface area (Å²) in [6.45, 7) is 0.508. The van der Waals surface area contributed by atoms with Crippen molar-refractivity contribution in [1.29, 1.82) is 0 Å². The molecule has 1 aromatic rings. The van der Waals surface area contributed by atoms with Gasteiger partial charge < -0.3 is 10.1 Å². The molecule has 1 saturated heterocycles. The van der Waals surface area contributed by atoms with Crippen LogP contribution in [0.15, 0.2) is 18.2 Å². The molecular formula is C15H17ClFNO2. The van der Waals surface area contributed by atoms with E-state index in [9.17, 15) is 9.18 Å². The Kier molecular flexibility index (Phi) is 3.69. The van der Waals surface area contributed by atoms with E-state index >= 15 is 0 Å². The predicted octanol–water partition coefficient (Wildman–Crippen LogP) is 3.31. The number of halogens is 2. The molecule has 1 atom stereocenters. The maximum atomic E-state index is 13.6. The Bertz CT molecular complexity index is 529. The zero-order valence-corrected chi connectivity index (χ0v) is 11.9. The van der Waals surface area contributed by atoms with Crippen molar-refractivity contribution in [3.8, 4) is 0 Å². The fraction of sp³-hybridized carbons (Fsp3) is 0.533. The van der Waals surface area contributed by atoms with Gasteiger partial charge in [0.2, 0.25) is 0 Å². The van der Waals surface area contributed by atoms with Crippen LogP contribution in [-0.4, -0.2) is 24.2 Å². The van der Waals surface area contributed by atoms with E-state index in [2.05, 4.69) is 5.32 Å². The maximum absolute atomic E-state index is 13.6. The van der Waals surface area contributed by atoms with Crippen LogP contribution in [0.1, 0.15) is 42.5 Å². The third-order valence-electron chi connectivity index (χ3n) is 4.23. The lowest BCUT2D eigenvalue weighted by molar-refractivity contribution is 0.00987. The molecule has 20 heavy (non-hydrogen) atoms. The molecule has 2 fully saturated rings. The van der Waals surface area contributed by atoms with Crippen molar-refractivity contribution in [3.05, 3.63) is 34.6 Å². The van der Waals surface area contributed by atoms with E-state index in [1.807, 2.05) is 0 Å². The molecule has 1 aromatic carbocycles. The van der Waals surface area contributed by atoms with E-state index in [1.54, 1.807) is 0 Å². The summed E-state index contributed by atoms with van der Waals surface area (Å²) in [5.74, 6) is -0.977. The van der Waals surface area contributed by atoms with Crippen molar-refractivity contribution in [3.63, 3.8) is 0 Å². The van der Waals surface area contributed by atoms with Gasteiger partial charge in [-0.25, -0.2) is 4.39 Å². The Morgan fingerprint density at radius 3 is 2.90 bits per heavy atom. The highest BCUT2D eigenvalue weighted by molar-refractivity contribution is 6.31. The number of nitrogens with one attached hydrogen (secondary N) is 1. The van der Waals surface area contributed by atoms with E-state index in [0.717, 1.165) is 19.3 Å². The standard InChI is InChI=1S/C15H17ClFNO2/c16-10-3-4-13(17)12(7-10)14(19)18-11-8-15(20-9-11)5-1-2-6-15/h3-4,7,11H,1-2,5-6,8-9H2,(H,18,19)/t11-/m0/s1. The smallest absolute Gasteiger partial charge is 0.254 e. The van der Waals surface area contributed by atoms with Crippen LogP contribution in [0.2, 0.25) is 5.02 Å². The number of rotatable bonds is 2. The summed E-state index contributed by atoms with van der Waals surface area (Å²) in [7, 11) is 0. The third kappa shape index (κ3) is 2.67. The highest BCUT2D eigenvalue weighted by Gasteiger charge is 2.42. The Morgan fingerprint density at radius 1 is 1.40 bits per heavy atom. The van der Waals surface area contributed by atoms with Crippen molar-refractivity contribution >= 4 is 17.5 Å². The van der Waals surface area contributed by atoms with Crippen molar-refractivity contribution in [1.82, 2.24) is 5.32 Å². The first-order chi connectivity index (χ1) is 9.58. The van der Waals surface area contributed by atoms with E-state index in [1.165, 1.54) is 31.0 Å². The van der Waals surface area contributed by atoms with Gasteiger partial charge in [0.1, 0.15) is 5.82 Å². The van der Waals surface area contributed by atoms with E-state index in [-0.39, 0.29) is 17.2 Å². The average Bonchev–Trinajstić information content (AvgIpc) is 3.03. The molecule has 2 aliphatic rings. The Balaban J connectivity index is 1.66. The molecule has 1 aliphatic heterocycles. The number of hydrogen-bond donors (Lipinski definition) is 1. The highest BCUT2D eigenvalue weighted by atomic mass is 35.5. The maximum Gasteiger partial charge on any atom is 0.254 e. The van der Waals surface area contributed by atoms with Gasteiger partial charge in [0.25, 0.3) is 5.91 Å². The third-order valence-corrected chi connectivity index (χ3v) is 4.47. The first kappa shape index (κ1) is 13.8. The van der Waals surface area contributed by atoms with Crippen LogP contribution in [0.3, 0.4) is 0 Å². The predicted molar refractivity (Wildman–Crippen MR) is 74.4 cm³/mol. The normalized spacial score (nSPS) is 24.2. The van der Waals surface area contributed by atoms with Gasteiger partial charge in [0, 0.05) is 5.02 Å². The first-order valence-corrected chi connectivity index (χ1v) is 7.36. The lowest BCUT2D eigenvalue weighted by Crippen LogP contribution is -2.36. The number of ether oxygens (including phenoxy) is 1. The molecule has 1 spiro atoms. The molecule has 5 heteroatoms. The molecule has 0 bridgehead atoms. The number of carbonyl (C=O) groups excluding carboxylic acids is 1. The quantitative estimate of drug-likeness (QED) is 0.909. The van der Waals surface area contributed by atoms with Crippen LogP contribution in [0.4, 0.5) is 4.39 Å². The molecule has 3 rings (SSSR count). The van der Waals surface area contributed by atoms with Crippen LogP contribution >= 0.6 is 11.6 Å². The Hall–Kier alpha value is -1.13. The van der Waals surface area contributed by atoms with Gasteiger partial charge in [0.05, 0.1) is 23.8 Å². The van der Waals surface area contributed by atoms with Gasteiger partial charge in [-0.3, -0.25) is 4.79 Å². The second-order valence-corrected chi connectivity index (χ2v) is 6.14. The minimum atomic E-state index is -0.554. The van der Waals surface area contributed by atoms with Crippen molar-refractivity contribution in [2.24, 2.45) is 0 Å². The van der Waals surface area contributed by atoms with E-state index < -0.39 is 11.7 Å². The lowest BCUT2D eigenvalue weighted by atomic mass is 9.96. The molecule has 108 valence electrons. The van der Waals surface area contributed by atoms with Crippen LogP contribution in [0.5, 0.6) is 0 Å².